The van der Waals surface area contributed by atoms with Gasteiger partial charge < -0.3 is 15.4 Å². The average Bonchev–Trinajstić information content (AvgIpc) is 2.95. The molecule has 0 spiro atoms. The van der Waals surface area contributed by atoms with E-state index in [9.17, 15) is 0 Å². The van der Waals surface area contributed by atoms with Crippen LogP contribution >= 0.6 is 0 Å². The highest BCUT2D eigenvalue weighted by atomic mass is 16.5. The minimum atomic E-state index is 0.285. The van der Waals surface area contributed by atoms with Gasteiger partial charge in [-0.2, -0.15) is 0 Å². The Hall–Kier alpha value is -1.10. The Morgan fingerprint density at radius 3 is 2.60 bits per heavy atom. The summed E-state index contributed by atoms with van der Waals surface area (Å²) in [5, 5.41) is 0. The van der Waals surface area contributed by atoms with Crippen molar-refractivity contribution in [3.05, 3.63) is 29.8 Å². The normalized spacial score (nSPS) is 17.6. The Bertz CT molecular complexity index is 402. The molecule has 0 aliphatic carbocycles. The molecular weight excluding hydrogens is 250 g/mol. The second-order valence-electron chi connectivity index (χ2n) is 5.68. The van der Waals surface area contributed by atoms with Crippen LogP contribution in [0.5, 0.6) is 5.75 Å². The van der Waals surface area contributed by atoms with Crippen LogP contribution in [-0.4, -0.2) is 56.7 Å². The van der Waals surface area contributed by atoms with E-state index in [2.05, 4.69) is 42.1 Å². The number of nitrogens with two attached hydrogens (primary N) is 1. The minimum Gasteiger partial charge on any atom is -0.492 e. The summed E-state index contributed by atoms with van der Waals surface area (Å²) in [5.74, 6) is 0.983. The largest absolute Gasteiger partial charge is 0.492 e. The number of hydrogen-bond acceptors (Lipinski definition) is 4. The molecule has 2 N–H and O–H groups in total. The highest BCUT2D eigenvalue weighted by molar-refractivity contribution is 5.36. The van der Waals surface area contributed by atoms with Crippen LogP contribution in [0.3, 0.4) is 0 Å². The summed E-state index contributed by atoms with van der Waals surface area (Å²) in [7, 11) is 4.12. The molecule has 0 aromatic heterocycles. The van der Waals surface area contributed by atoms with Crippen molar-refractivity contribution in [2.45, 2.75) is 18.9 Å². The van der Waals surface area contributed by atoms with E-state index in [-0.39, 0.29) is 6.04 Å². The summed E-state index contributed by atoms with van der Waals surface area (Å²) in [5.41, 5.74) is 7.26. The molecule has 112 valence electrons. The van der Waals surface area contributed by atoms with Gasteiger partial charge in [-0.1, -0.05) is 18.2 Å². The summed E-state index contributed by atoms with van der Waals surface area (Å²) in [6.45, 7) is 4.57. The molecule has 1 aromatic rings. The first-order valence-electron chi connectivity index (χ1n) is 7.53. The predicted octanol–water partition coefficient (Wildman–Crippen LogP) is 1.72. The number of rotatable bonds is 7. The van der Waals surface area contributed by atoms with E-state index in [1.54, 1.807) is 0 Å². The summed E-state index contributed by atoms with van der Waals surface area (Å²) in [4.78, 5) is 4.61. The van der Waals surface area contributed by atoms with Crippen LogP contribution in [0.15, 0.2) is 24.3 Å². The highest BCUT2D eigenvalue weighted by Gasteiger charge is 2.24. The van der Waals surface area contributed by atoms with Crippen LogP contribution in [0.2, 0.25) is 0 Å². The van der Waals surface area contributed by atoms with Crippen molar-refractivity contribution >= 4 is 0 Å². The molecule has 1 aliphatic heterocycles. The number of ether oxygens (including phenoxy) is 1. The van der Waals surface area contributed by atoms with Crippen LogP contribution < -0.4 is 10.5 Å². The molecule has 1 atom stereocenters. The van der Waals surface area contributed by atoms with Gasteiger partial charge in [0.05, 0.1) is 6.04 Å². The van der Waals surface area contributed by atoms with Crippen molar-refractivity contribution < 1.29 is 4.74 Å². The third-order valence-corrected chi connectivity index (χ3v) is 3.88. The lowest BCUT2D eigenvalue weighted by Gasteiger charge is -2.28. The van der Waals surface area contributed by atoms with Crippen LogP contribution in [0.4, 0.5) is 0 Å². The Morgan fingerprint density at radius 1 is 1.25 bits per heavy atom. The van der Waals surface area contributed by atoms with Gasteiger partial charge in [-0.3, -0.25) is 4.90 Å². The van der Waals surface area contributed by atoms with Gasteiger partial charge in [-0.25, -0.2) is 0 Å². The first kappa shape index (κ1) is 15.3. The molecular formula is C16H27N3O. The molecule has 1 fully saturated rings. The Kier molecular flexibility index (Phi) is 5.83. The second-order valence-corrected chi connectivity index (χ2v) is 5.68. The SMILES string of the molecule is CN(C)CCOc1ccccc1C(CN)N1CCCC1. The predicted molar refractivity (Wildman–Crippen MR) is 83.1 cm³/mol. The van der Waals surface area contributed by atoms with Crippen LogP contribution in [0.1, 0.15) is 24.4 Å². The number of benzene rings is 1. The molecule has 2 rings (SSSR count). The topological polar surface area (TPSA) is 41.7 Å². The van der Waals surface area contributed by atoms with Crippen molar-refractivity contribution in [3.8, 4) is 5.75 Å². The third-order valence-electron chi connectivity index (χ3n) is 3.88. The van der Waals surface area contributed by atoms with Gasteiger partial charge >= 0.3 is 0 Å². The van der Waals surface area contributed by atoms with Crippen LogP contribution in [0, 0.1) is 0 Å². The fraction of sp³-hybridized carbons (Fsp3) is 0.625. The van der Waals surface area contributed by atoms with Gasteiger partial charge in [-0.15, -0.1) is 0 Å². The van der Waals surface area contributed by atoms with E-state index in [1.807, 2.05) is 6.07 Å². The first-order chi connectivity index (χ1) is 9.72. The molecule has 0 amide bonds. The summed E-state index contributed by atoms with van der Waals surface area (Å²) in [6.07, 6.45) is 2.56. The van der Waals surface area contributed by atoms with E-state index in [0.29, 0.717) is 13.2 Å². The molecule has 1 unspecified atom stereocenters. The number of likely N-dealkylation sites (tertiary alicyclic amines) is 1. The Morgan fingerprint density at radius 2 is 1.95 bits per heavy atom. The van der Waals surface area contributed by atoms with Crippen molar-refractivity contribution in [1.82, 2.24) is 9.80 Å². The smallest absolute Gasteiger partial charge is 0.124 e. The van der Waals surface area contributed by atoms with Crippen LogP contribution in [0.25, 0.3) is 0 Å². The van der Waals surface area contributed by atoms with E-state index >= 15 is 0 Å². The summed E-state index contributed by atoms with van der Waals surface area (Å²) >= 11 is 0. The third kappa shape index (κ3) is 3.95. The van der Waals surface area contributed by atoms with Gasteiger partial charge in [0.15, 0.2) is 0 Å². The molecule has 4 nitrogen and oxygen atoms in total. The monoisotopic (exact) mass is 277 g/mol. The fourth-order valence-electron chi connectivity index (χ4n) is 2.75. The minimum absolute atomic E-state index is 0.285. The lowest BCUT2D eigenvalue weighted by molar-refractivity contribution is 0.229. The first-order valence-corrected chi connectivity index (χ1v) is 7.53. The van der Waals surface area contributed by atoms with E-state index < -0.39 is 0 Å². The van der Waals surface area contributed by atoms with Crippen molar-refractivity contribution in [3.63, 3.8) is 0 Å². The second kappa shape index (κ2) is 7.62. The molecule has 1 heterocycles. The zero-order valence-electron chi connectivity index (χ0n) is 12.7. The van der Waals surface area contributed by atoms with Crippen molar-refractivity contribution in [2.24, 2.45) is 5.73 Å². The maximum absolute atomic E-state index is 6.02. The van der Waals surface area contributed by atoms with Gasteiger partial charge in [0, 0.05) is 18.7 Å². The Balaban J connectivity index is 2.08. The maximum atomic E-state index is 6.02. The lowest BCUT2D eigenvalue weighted by atomic mass is 10.0. The highest BCUT2D eigenvalue weighted by Crippen LogP contribution is 2.30. The Labute approximate surface area is 122 Å². The number of hydrogen-bond donors (Lipinski definition) is 1. The molecule has 1 aliphatic rings. The maximum Gasteiger partial charge on any atom is 0.124 e. The number of likely N-dealkylation sites (N-methyl/N-ethyl adjacent to an activating group) is 1. The number of nitrogens with zero attached hydrogens (tertiary/aromatic N) is 2. The molecule has 0 radical (unpaired) electrons. The van der Waals surface area contributed by atoms with E-state index in [1.165, 1.54) is 18.4 Å². The van der Waals surface area contributed by atoms with Gasteiger partial charge in [0.1, 0.15) is 12.4 Å². The fourth-order valence-corrected chi connectivity index (χ4v) is 2.75. The molecule has 1 saturated heterocycles. The number of para-hydroxylation sites is 1. The van der Waals surface area contributed by atoms with E-state index in [0.717, 1.165) is 25.4 Å². The van der Waals surface area contributed by atoms with Gasteiger partial charge in [-0.05, 0) is 46.1 Å². The lowest BCUT2D eigenvalue weighted by Crippen LogP contribution is -2.31. The van der Waals surface area contributed by atoms with Crippen LogP contribution in [-0.2, 0) is 0 Å². The molecule has 0 saturated carbocycles. The molecule has 4 heteroatoms. The molecule has 20 heavy (non-hydrogen) atoms. The van der Waals surface area contributed by atoms with Crippen molar-refractivity contribution in [1.29, 1.82) is 0 Å². The van der Waals surface area contributed by atoms with Gasteiger partial charge in [0.2, 0.25) is 0 Å². The molecule has 0 bridgehead atoms. The quantitative estimate of drug-likeness (QED) is 0.824. The zero-order valence-corrected chi connectivity index (χ0v) is 12.7. The molecule has 1 aromatic carbocycles. The van der Waals surface area contributed by atoms with Gasteiger partial charge in [0.25, 0.3) is 0 Å². The zero-order chi connectivity index (χ0) is 14.4. The standard InChI is InChI=1S/C16H27N3O/c1-18(2)11-12-20-16-8-4-3-7-14(16)15(13-17)19-9-5-6-10-19/h3-4,7-8,15H,5-6,9-13,17H2,1-2H3. The summed E-state index contributed by atoms with van der Waals surface area (Å²) in [6, 6.07) is 8.61. The van der Waals surface area contributed by atoms with Crippen molar-refractivity contribution in [2.75, 3.05) is 46.9 Å². The van der Waals surface area contributed by atoms with E-state index in [4.69, 9.17) is 10.5 Å². The average molecular weight is 277 g/mol. The summed E-state index contributed by atoms with van der Waals surface area (Å²) < 4.78 is 5.97.